The molecule has 2 amide bonds. The fourth-order valence-corrected chi connectivity index (χ4v) is 4.25. The van der Waals surface area contributed by atoms with Crippen LogP contribution in [0.15, 0.2) is 48.5 Å². The number of hydrogen-bond acceptors (Lipinski definition) is 6. The van der Waals surface area contributed by atoms with E-state index in [1.54, 1.807) is 7.11 Å². The molecular formula is C27H34N2O6. The van der Waals surface area contributed by atoms with Gasteiger partial charge in [0.25, 0.3) is 0 Å². The van der Waals surface area contributed by atoms with Gasteiger partial charge in [-0.25, -0.2) is 4.79 Å². The van der Waals surface area contributed by atoms with E-state index >= 15 is 0 Å². The molecule has 0 saturated heterocycles. The van der Waals surface area contributed by atoms with Crippen molar-refractivity contribution in [2.75, 3.05) is 20.8 Å². The molecule has 0 fully saturated rings. The van der Waals surface area contributed by atoms with Crippen LogP contribution >= 0.6 is 0 Å². The van der Waals surface area contributed by atoms with Gasteiger partial charge in [-0.1, -0.05) is 56.3 Å². The zero-order valence-corrected chi connectivity index (χ0v) is 20.7. The molecule has 0 aromatic heterocycles. The summed E-state index contributed by atoms with van der Waals surface area (Å²) in [4.78, 5) is 38.5. The summed E-state index contributed by atoms with van der Waals surface area (Å²) in [6, 6.07) is 13.4. The smallest absolute Gasteiger partial charge is 0.328 e. The second kappa shape index (κ2) is 12.2. The van der Waals surface area contributed by atoms with E-state index in [0.717, 1.165) is 11.1 Å². The lowest BCUT2D eigenvalue weighted by Crippen LogP contribution is -2.53. The van der Waals surface area contributed by atoms with Crippen LogP contribution < -0.4 is 20.1 Å². The fraction of sp³-hybridized carbons (Fsp3) is 0.444. The molecule has 1 aliphatic rings. The van der Waals surface area contributed by atoms with Gasteiger partial charge in [-0.3, -0.25) is 9.59 Å². The van der Waals surface area contributed by atoms with Gasteiger partial charge < -0.3 is 24.8 Å². The Morgan fingerprint density at radius 3 is 2.40 bits per heavy atom. The van der Waals surface area contributed by atoms with Crippen molar-refractivity contribution in [1.29, 1.82) is 0 Å². The molecule has 3 rings (SSSR count). The van der Waals surface area contributed by atoms with Gasteiger partial charge in [0.05, 0.1) is 20.8 Å². The molecule has 188 valence electrons. The number of carbonyl (C=O) groups is 3. The van der Waals surface area contributed by atoms with E-state index in [4.69, 9.17) is 14.2 Å². The maximum Gasteiger partial charge on any atom is 0.328 e. The average Bonchev–Trinajstić information content (AvgIpc) is 3.25. The first-order chi connectivity index (χ1) is 16.8. The topological polar surface area (TPSA) is 103 Å². The summed E-state index contributed by atoms with van der Waals surface area (Å²) in [7, 11) is 2.87. The molecule has 8 nitrogen and oxygen atoms in total. The van der Waals surface area contributed by atoms with Crippen molar-refractivity contribution >= 4 is 17.8 Å². The Balaban J connectivity index is 1.73. The summed E-state index contributed by atoms with van der Waals surface area (Å²) in [5.41, 5.74) is 1.80. The number of amides is 2. The molecule has 2 aromatic carbocycles. The molecule has 2 N–H and O–H groups in total. The van der Waals surface area contributed by atoms with Gasteiger partial charge in [-0.15, -0.1) is 0 Å². The summed E-state index contributed by atoms with van der Waals surface area (Å²) in [6.07, 6.45) is 0.882. The average molecular weight is 483 g/mol. The van der Waals surface area contributed by atoms with Crippen LogP contribution in [0.2, 0.25) is 0 Å². The molecule has 3 atom stereocenters. The summed E-state index contributed by atoms with van der Waals surface area (Å²) >= 11 is 0. The number of fused-ring (bicyclic) bond motifs is 1. The van der Waals surface area contributed by atoms with Crippen LogP contribution in [0.3, 0.4) is 0 Å². The predicted octanol–water partition coefficient (Wildman–Crippen LogP) is 2.99. The highest BCUT2D eigenvalue weighted by Crippen LogP contribution is 2.42. The van der Waals surface area contributed by atoms with E-state index in [1.165, 1.54) is 7.11 Å². The first-order valence-electron chi connectivity index (χ1n) is 11.8. The Labute approximate surface area is 206 Å². The van der Waals surface area contributed by atoms with Gasteiger partial charge in [0, 0.05) is 24.3 Å². The lowest BCUT2D eigenvalue weighted by molar-refractivity contribution is -0.145. The number of benzene rings is 2. The van der Waals surface area contributed by atoms with Gasteiger partial charge in [-0.2, -0.15) is 0 Å². The van der Waals surface area contributed by atoms with Crippen LogP contribution in [0.5, 0.6) is 11.5 Å². The number of carbonyl (C=O) groups excluding carboxylic acids is 3. The molecule has 1 heterocycles. The van der Waals surface area contributed by atoms with Gasteiger partial charge in [0.2, 0.25) is 11.8 Å². The highest BCUT2D eigenvalue weighted by Gasteiger charge is 2.32. The van der Waals surface area contributed by atoms with Gasteiger partial charge >= 0.3 is 5.97 Å². The molecule has 1 unspecified atom stereocenters. The first kappa shape index (κ1) is 26.1. The summed E-state index contributed by atoms with van der Waals surface area (Å²) in [5.74, 6) is 0.0920. The second-order valence-electron chi connectivity index (χ2n) is 9.11. The Hall–Kier alpha value is -3.55. The lowest BCUT2D eigenvalue weighted by atomic mass is 9.96. The number of hydrogen-bond donors (Lipinski definition) is 2. The normalized spacial score (nSPS) is 16.0. The summed E-state index contributed by atoms with van der Waals surface area (Å²) < 4.78 is 16.0. The van der Waals surface area contributed by atoms with Crippen LogP contribution in [-0.2, 0) is 25.5 Å². The van der Waals surface area contributed by atoms with Crippen molar-refractivity contribution in [2.24, 2.45) is 5.92 Å². The zero-order valence-electron chi connectivity index (χ0n) is 20.7. The third-order valence-electron chi connectivity index (χ3n) is 5.97. The Kier molecular flexibility index (Phi) is 9.11. The number of rotatable bonds is 11. The van der Waals surface area contributed by atoms with Crippen molar-refractivity contribution < 1.29 is 28.6 Å². The number of nitrogens with one attached hydrogen (secondary N) is 2. The van der Waals surface area contributed by atoms with Crippen molar-refractivity contribution in [3.05, 3.63) is 59.7 Å². The van der Waals surface area contributed by atoms with Crippen LogP contribution in [0.4, 0.5) is 0 Å². The molecule has 35 heavy (non-hydrogen) atoms. The van der Waals surface area contributed by atoms with Crippen LogP contribution in [-0.4, -0.2) is 50.7 Å². The molecule has 2 aromatic rings. The number of ether oxygens (including phenoxy) is 3. The monoisotopic (exact) mass is 482 g/mol. The quantitative estimate of drug-likeness (QED) is 0.478. The third-order valence-corrected chi connectivity index (χ3v) is 5.97. The van der Waals surface area contributed by atoms with Crippen LogP contribution in [0.1, 0.15) is 43.7 Å². The van der Waals surface area contributed by atoms with Gasteiger partial charge in [0.1, 0.15) is 12.1 Å². The predicted molar refractivity (Wildman–Crippen MR) is 131 cm³/mol. The van der Waals surface area contributed by atoms with Crippen molar-refractivity contribution in [3.63, 3.8) is 0 Å². The lowest BCUT2D eigenvalue weighted by Gasteiger charge is -2.24. The van der Waals surface area contributed by atoms with Crippen molar-refractivity contribution in [2.45, 2.75) is 51.1 Å². The highest BCUT2D eigenvalue weighted by molar-refractivity contribution is 5.91. The fourth-order valence-electron chi connectivity index (χ4n) is 4.25. The molecule has 0 bridgehead atoms. The first-order valence-corrected chi connectivity index (χ1v) is 11.8. The largest absolute Gasteiger partial charge is 0.493 e. The van der Waals surface area contributed by atoms with Crippen molar-refractivity contribution in [3.8, 4) is 11.5 Å². The standard InChI is InChI=1S/C27H34N2O6/c1-17(2)13-22(27(32)34-4)29-26(31)21(14-18-9-6-5-7-10-18)28-24(30)15-19-16-35-25-20(19)11-8-12-23(25)33-3/h5-12,17,19,21-22H,13-16H2,1-4H3,(H,28,30)(H,29,31)/t19?,21-,22-/m0/s1. The summed E-state index contributed by atoms with van der Waals surface area (Å²) in [5, 5.41) is 5.66. The summed E-state index contributed by atoms with van der Waals surface area (Å²) in [6.45, 7) is 4.28. The Morgan fingerprint density at radius 1 is 1.00 bits per heavy atom. The molecule has 0 radical (unpaired) electrons. The van der Waals surface area contributed by atoms with E-state index in [9.17, 15) is 14.4 Å². The van der Waals surface area contributed by atoms with E-state index in [1.807, 2.05) is 62.4 Å². The van der Waals surface area contributed by atoms with E-state index in [2.05, 4.69) is 10.6 Å². The van der Waals surface area contributed by atoms with Crippen LogP contribution in [0.25, 0.3) is 0 Å². The SMILES string of the molecule is COC(=O)[C@H](CC(C)C)NC(=O)[C@H](Cc1ccccc1)NC(=O)CC1COc2c(OC)cccc21. The van der Waals surface area contributed by atoms with E-state index in [0.29, 0.717) is 30.9 Å². The second-order valence-corrected chi connectivity index (χ2v) is 9.11. The molecule has 1 aliphatic heterocycles. The van der Waals surface area contributed by atoms with E-state index < -0.39 is 24.0 Å². The highest BCUT2D eigenvalue weighted by atomic mass is 16.5. The Morgan fingerprint density at radius 2 is 1.74 bits per heavy atom. The maximum absolute atomic E-state index is 13.2. The number of esters is 1. The minimum absolute atomic E-state index is 0.149. The molecule has 8 heteroatoms. The van der Waals surface area contributed by atoms with Gasteiger partial charge in [-0.05, 0) is 24.0 Å². The number of para-hydroxylation sites is 1. The minimum atomic E-state index is -0.851. The number of methoxy groups -OCH3 is 2. The third kappa shape index (κ3) is 6.97. The minimum Gasteiger partial charge on any atom is -0.493 e. The molecular weight excluding hydrogens is 448 g/mol. The maximum atomic E-state index is 13.2. The molecule has 0 aliphatic carbocycles. The molecule has 0 saturated carbocycles. The zero-order chi connectivity index (χ0) is 25.4. The van der Waals surface area contributed by atoms with E-state index in [-0.39, 0.29) is 24.2 Å². The van der Waals surface area contributed by atoms with Crippen molar-refractivity contribution in [1.82, 2.24) is 10.6 Å². The molecule has 0 spiro atoms. The van der Waals surface area contributed by atoms with Gasteiger partial charge in [0.15, 0.2) is 11.5 Å². The van der Waals surface area contributed by atoms with Crippen LogP contribution in [0, 0.1) is 5.92 Å². The Bertz CT molecular complexity index is 1020.